The molecule has 0 amide bonds. The molecule has 8 rings (SSSR count). The van der Waals surface area contributed by atoms with Crippen molar-refractivity contribution >= 4 is 43.7 Å². The predicted octanol–water partition coefficient (Wildman–Crippen LogP) is 11.0. The average molecular weight is 516 g/mol. The van der Waals surface area contributed by atoms with Gasteiger partial charge >= 0.3 is 0 Å². The standard InChI is InChI=1S/C36H23NO.C2H6/c1-2-11-28(12-3-1)37-33-15-6-4-13-29(33)31-22-26(17-19-34(31)37)24-9-8-10-25(21-24)27-18-20-36-32(23-27)30-14-5-7-16-35(30)38-36;1-2/h1-23H;1-2H3. The molecule has 0 saturated heterocycles. The molecule has 0 fully saturated rings. The third-order valence-corrected chi connectivity index (χ3v) is 7.59. The molecule has 2 heterocycles. The first-order valence-corrected chi connectivity index (χ1v) is 13.9. The molecule has 0 aliphatic heterocycles. The summed E-state index contributed by atoms with van der Waals surface area (Å²) in [6.07, 6.45) is 0. The Kier molecular flexibility index (Phi) is 5.94. The van der Waals surface area contributed by atoms with E-state index >= 15 is 0 Å². The number of fused-ring (bicyclic) bond motifs is 6. The van der Waals surface area contributed by atoms with Crippen molar-refractivity contribution < 1.29 is 4.42 Å². The van der Waals surface area contributed by atoms with Gasteiger partial charge in [0.05, 0.1) is 11.0 Å². The lowest BCUT2D eigenvalue weighted by Gasteiger charge is -2.09. The first kappa shape index (κ1) is 24.0. The van der Waals surface area contributed by atoms with Crippen LogP contribution in [0.3, 0.4) is 0 Å². The van der Waals surface area contributed by atoms with Gasteiger partial charge in [0.15, 0.2) is 0 Å². The molecule has 2 nitrogen and oxygen atoms in total. The van der Waals surface area contributed by atoms with Crippen molar-refractivity contribution in [2.75, 3.05) is 0 Å². The summed E-state index contributed by atoms with van der Waals surface area (Å²) in [4.78, 5) is 0. The molecule has 0 atom stereocenters. The molecule has 2 heteroatoms. The van der Waals surface area contributed by atoms with Crippen LogP contribution < -0.4 is 0 Å². The van der Waals surface area contributed by atoms with Crippen LogP contribution in [0.4, 0.5) is 0 Å². The Hall–Kier alpha value is -5.08. The van der Waals surface area contributed by atoms with Gasteiger partial charge in [-0.05, 0) is 76.9 Å². The van der Waals surface area contributed by atoms with Gasteiger partial charge in [0, 0.05) is 27.2 Å². The van der Waals surface area contributed by atoms with Gasteiger partial charge in [-0.2, -0.15) is 0 Å². The summed E-state index contributed by atoms with van der Waals surface area (Å²) >= 11 is 0. The van der Waals surface area contributed by atoms with Crippen LogP contribution in [0.25, 0.3) is 71.7 Å². The molecule has 0 bridgehead atoms. The number of para-hydroxylation sites is 3. The van der Waals surface area contributed by atoms with E-state index in [1.807, 2.05) is 26.0 Å². The highest BCUT2D eigenvalue weighted by Gasteiger charge is 2.13. The molecular weight excluding hydrogens is 486 g/mol. The Morgan fingerprint density at radius 2 is 0.975 bits per heavy atom. The van der Waals surface area contributed by atoms with E-state index in [9.17, 15) is 0 Å². The number of hydrogen-bond donors (Lipinski definition) is 0. The van der Waals surface area contributed by atoms with Crippen LogP contribution in [0.2, 0.25) is 0 Å². The largest absolute Gasteiger partial charge is 0.456 e. The van der Waals surface area contributed by atoms with Crippen LogP contribution in [-0.2, 0) is 0 Å². The van der Waals surface area contributed by atoms with E-state index < -0.39 is 0 Å². The fourth-order valence-corrected chi connectivity index (χ4v) is 5.79. The molecule has 0 aliphatic carbocycles. The van der Waals surface area contributed by atoms with E-state index in [-0.39, 0.29) is 0 Å². The lowest BCUT2D eigenvalue weighted by atomic mass is 9.97. The summed E-state index contributed by atoms with van der Waals surface area (Å²) in [5.74, 6) is 0. The summed E-state index contributed by atoms with van der Waals surface area (Å²) in [7, 11) is 0. The highest BCUT2D eigenvalue weighted by molar-refractivity contribution is 6.10. The average Bonchev–Trinajstić information content (AvgIpc) is 3.57. The quantitative estimate of drug-likeness (QED) is 0.229. The number of nitrogens with zero attached hydrogens (tertiary/aromatic N) is 1. The molecule has 8 aromatic rings. The van der Waals surface area contributed by atoms with E-state index in [1.54, 1.807) is 0 Å². The van der Waals surface area contributed by atoms with Crippen molar-refractivity contribution in [3.63, 3.8) is 0 Å². The molecule has 192 valence electrons. The SMILES string of the molecule is CC.c1ccc(-n2c3ccccc3c3cc(-c4cccc(-c5ccc6oc7ccccc7c6c5)c4)ccc32)cc1. The number of benzene rings is 6. The van der Waals surface area contributed by atoms with Gasteiger partial charge in [-0.25, -0.2) is 0 Å². The smallest absolute Gasteiger partial charge is 0.135 e. The first-order valence-electron chi connectivity index (χ1n) is 13.9. The lowest BCUT2D eigenvalue weighted by Crippen LogP contribution is -1.92. The van der Waals surface area contributed by atoms with Gasteiger partial charge in [0.1, 0.15) is 11.2 Å². The van der Waals surface area contributed by atoms with Crippen LogP contribution in [0, 0.1) is 0 Å². The molecule has 0 saturated carbocycles. The van der Waals surface area contributed by atoms with E-state index in [0.29, 0.717) is 0 Å². The van der Waals surface area contributed by atoms with Gasteiger partial charge < -0.3 is 8.98 Å². The minimum absolute atomic E-state index is 0.923. The summed E-state index contributed by atoms with van der Waals surface area (Å²) in [5.41, 5.74) is 10.3. The first-order chi connectivity index (χ1) is 19.8. The zero-order chi connectivity index (χ0) is 27.1. The maximum Gasteiger partial charge on any atom is 0.135 e. The number of hydrogen-bond acceptors (Lipinski definition) is 1. The third-order valence-electron chi connectivity index (χ3n) is 7.59. The Bertz CT molecular complexity index is 2130. The van der Waals surface area contributed by atoms with E-state index in [0.717, 1.165) is 21.9 Å². The fraction of sp³-hybridized carbons (Fsp3) is 0.0526. The molecule has 0 N–H and O–H groups in total. The Morgan fingerprint density at radius 3 is 1.77 bits per heavy atom. The van der Waals surface area contributed by atoms with Crippen LogP contribution in [0.15, 0.2) is 144 Å². The van der Waals surface area contributed by atoms with Crippen LogP contribution >= 0.6 is 0 Å². The van der Waals surface area contributed by atoms with Crippen LogP contribution in [-0.4, -0.2) is 4.57 Å². The van der Waals surface area contributed by atoms with Gasteiger partial charge in [-0.3, -0.25) is 0 Å². The monoisotopic (exact) mass is 515 g/mol. The van der Waals surface area contributed by atoms with Crippen molar-refractivity contribution in [1.82, 2.24) is 4.57 Å². The normalized spacial score (nSPS) is 11.2. The van der Waals surface area contributed by atoms with E-state index in [4.69, 9.17) is 4.42 Å². The van der Waals surface area contributed by atoms with Crippen molar-refractivity contribution in [3.05, 3.63) is 140 Å². The Morgan fingerprint density at radius 1 is 0.400 bits per heavy atom. The zero-order valence-corrected chi connectivity index (χ0v) is 22.6. The second-order valence-corrected chi connectivity index (χ2v) is 9.81. The number of aromatic nitrogens is 1. The molecule has 0 aliphatic rings. The third kappa shape index (κ3) is 3.88. The van der Waals surface area contributed by atoms with Crippen LogP contribution in [0.5, 0.6) is 0 Å². The van der Waals surface area contributed by atoms with Gasteiger partial charge in [0.2, 0.25) is 0 Å². The molecule has 6 aromatic carbocycles. The number of rotatable bonds is 3. The molecule has 0 unspecified atom stereocenters. The van der Waals surface area contributed by atoms with E-state index in [1.165, 1.54) is 49.7 Å². The number of furan rings is 1. The Balaban J connectivity index is 0.00000130. The van der Waals surface area contributed by atoms with Crippen molar-refractivity contribution in [3.8, 4) is 27.9 Å². The second-order valence-electron chi connectivity index (χ2n) is 9.81. The molecular formula is C38H29NO. The fourth-order valence-electron chi connectivity index (χ4n) is 5.79. The minimum Gasteiger partial charge on any atom is -0.456 e. The lowest BCUT2D eigenvalue weighted by molar-refractivity contribution is 0.669. The highest BCUT2D eigenvalue weighted by atomic mass is 16.3. The molecule has 40 heavy (non-hydrogen) atoms. The molecule has 0 spiro atoms. The zero-order valence-electron chi connectivity index (χ0n) is 22.6. The molecule has 0 radical (unpaired) electrons. The molecule has 2 aromatic heterocycles. The van der Waals surface area contributed by atoms with Gasteiger partial charge in [0.25, 0.3) is 0 Å². The minimum atomic E-state index is 0.923. The van der Waals surface area contributed by atoms with Gasteiger partial charge in [-0.1, -0.05) is 98.8 Å². The van der Waals surface area contributed by atoms with Gasteiger partial charge in [-0.15, -0.1) is 0 Å². The van der Waals surface area contributed by atoms with Crippen molar-refractivity contribution in [2.24, 2.45) is 0 Å². The maximum absolute atomic E-state index is 6.04. The predicted molar refractivity (Wildman–Crippen MR) is 170 cm³/mol. The summed E-state index contributed by atoms with van der Waals surface area (Å²) in [6.45, 7) is 4.00. The highest BCUT2D eigenvalue weighted by Crippen LogP contribution is 2.37. The van der Waals surface area contributed by atoms with Crippen LogP contribution in [0.1, 0.15) is 13.8 Å². The summed E-state index contributed by atoms with van der Waals surface area (Å²) < 4.78 is 8.40. The van der Waals surface area contributed by atoms with Crippen molar-refractivity contribution in [1.29, 1.82) is 0 Å². The topological polar surface area (TPSA) is 18.1 Å². The summed E-state index contributed by atoms with van der Waals surface area (Å²) in [6, 6.07) is 49.7. The summed E-state index contributed by atoms with van der Waals surface area (Å²) in [5, 5.41) is 4.83. The van der Waals surface area contributed by atoms with Crippen molar-refractivity contribution in [2.45, 2.75) is 13.8 Å². The maximum atomic E-state index is 6.04. The van der Waals surface area contributed by atoms with E-state index in [2.05, 4.69) is 132 Å². The second kappa shape index (κ2) is 9.91. The Labute approximate surface area is 233 Å².